The molecule has 18 heavy (non-hydrogen) atoms. The van der Waals surface area contributed by atoms with Crippen molar-refractivity contribution in [2.24, 2.45) is 0 Å². The molecular weight excluding hydrogens is 265 g/mol. The second kappa shape index (κ2) is 6.27. The predicted molar refractivity (Wildman–Crippen MR) is 79.8 cm³/mol. The maximum Gasteiger partial charge on any atom is 0.0458 e. The second-order valence-electron chi connectivity index (χ2n) is 5.25. The van der Waals surface area contributed by atoms with Gasteiger partial charge in [-0.2, -0.15) is 0 Å². The fourth-order valence-electron chi connectivity index (χ4n) is 3.05. The summed E-state index contributed by atoms with van der Waals surface area (Å²) in [6, 6.07) is 5.96. The molecular formula is C15H21Cl2N. The molecule has 1 nitrogen and oxygen atoms in total. The van der Waals surface area contributed by atoms with Crippen molar-refractivity contribution >= 4 is 23.2 Å². The van der Waals surface area contributed by atoms with Gasteiger partial charge in [-0.3, -0.25) is 0 Å². The molecule has 1 aromatic rings. The van der Waals surface area contributed by atoms with Crippen molar-refractivity contribution in [2.45, 2.75) is 44.4 Å². The van der Waals surface area contributed by atoms with Crippen molar-refractivity contribution in [3.8, 4) is 0 Å². The van der Waals surface area contributed by atoms with Gasteiger partial charge >= 0.3 is 0 Å². The summed E-state index contributed by atoms with van der Waals surface area (Å²) in [5, 5.41) is 5.05. The standard InChI is InChI=1S/C15H21Cl2N/c1-2-18-11-15(8-4-3-5-9-15)13-7-6-12(16)10-14(13)17/h6-7,10,18H,2-5,8-9,11H2,1H3. The SMILES string of the molecule is CCNCC1(c2ccc(Cl)cc2Cl)CCCCC1. The molecule has 0 saturated heterocycles. The van der Waals surface area contributed by atoms with E-state index >= 15 is 0 Å². The molecule has 0 bridgehead atoms. The van der Waals surface area contributed by atoms with E-state index in [9.17, 15) is 0 Å². The number of hydrogen-bond donors (Lipinski definition) is 1. The summed E-state index contributed by atoms with van der Waals surface area (Å²) in [5.41, 5.74) is 1.48. The van der Waals surface area contributed by atoms with Gasteiger partial charge in [-0.05, 0) is 37.1 Å². The normalized spacial score (nSPS) is 18.8. The summed E-state index contributed by atoms with van der Waals surface area (Å²) in [6.07, 6.45) is 6.39. The zero-order chi connectivity index (χ0) is 13.0. The summed E-state index contributed by atoms with van der Waals surface area (Å²) in [7, 11) is 0. The van der Waals surface area contributed by atoms with Crippen LogP contribution in [0, 0.1) is 0 Å². The van der Waals surface area contributed by atoms with Crippen LogP contribution in [0.4, 0.5) is 0 Å². The van der Waals surface area contributed by atoms with Crippen LogP contribution in [0.2, 0.25) is 10.0 Å². The third-order valence-corrected chi connectivity index (χ3v) is 4.57. The molecule has 0 spiro atoms. The fraction of sp³-hybridized carbons (Fsp3) is 0.600. The van der Waals surface area contributed by atoms with E-state index in [0.717, 1.165) is 23.1 Å². The first kappa shape index (κ1) is 14.2. The molecule has 100 valence electrons. The van der Waals surface area contributed by atoms with Crippen LogP contribution in [0.5, 0.6) is 0 Å². The molecule has 2 rings (SSSR count). The molecule has 0 amide bonds. The Hall–Kier alpha value is -0.240. The number of rotatable bonds is 4. The second-order valence-corrected chi connectivity index (χ2v) is 6.09. The molecule has 1 saturated carbocycles. The van der Waals surface area contributed by atoms with Gasteiger partial charge in [0.05, 0.1) is 0 Å². The summed E-state index contributed by atoms with van der Waals surface area (Å²) in [6.45, 7) is 4.18. The lowest BCUT2D eigenvalue weighted by Crippen LogP contribution is -2.40. The minimum Gasteiger partial charge on any atom is -0.316 e. The van der Waals surface area contributed by atoms with Crippen molar-refractivity contribution in [1.29, 1.82) is 0 Å². The molecule has 3 heteroatoms. The average molecular weight is 286 g/mol. The van der Waals surface area contributed by atoms with Crippen molar-refractivity contribution in [1.82, 2.24) is 5.32 Å². The zero-order valence-corrected chi connectivity index (χ0v) is 12.4. The monoisotopic (exact) mass is 285 g/mol. The van der Waals surface area contributed by atoms with Gasteiger partial charge in [0.25, 0.3) is 0 Å². The largest absolute Gasteiger partial charge is 0.316 e. The highest BCUT2D eigenvalue weighted by atomic mass is 35.5. The molecule has 1 aromatic carbocycles. The molecule has 0 unspecified atom stereocenters. The molecule has 0 heterocycles. The van der Waals surface area contributed by atoms with Crippen LogP contribution in [-0.4, -0.2) is 13.1 Å². The van der Waals surface area contributed by atoms with E-state index in [1.54, 1.807) is 0 Å². The van der Waals surface area contributed by atoms with E-state index < -0.39 is 0 Å². The predicted octanol–water partition coefficient (Wildman–Crippen LogP) is 4.80. The van der Waals surface area contributed by atoms with Crippen molar-refractivity contribution in [2.75, 3.05) is 13.1 Å². The van der Waals surface area contributed by atoms with Gasteiger partial charge in [0.1, 0.15) is 0 Å². The number of nitrogens with one attached hydrogen (secondary N) is 1. The maximum atomic E-state index is 6.42. The molecule has 0 aromatic heterocycles. The van der Waals surface area contributed by atoms with E-state index in [1.807, 2.05) is 12.1 Å². The van der Waals surface area contributed by atoms with Gasteiger partial charge in [-0.25, -0.2) is 0 Å². The van der Waals surface area contributed by atoms with Crippen LogP contribution in [0.15, 0.2) is 18.2 Å². The Morgan fingerprint density at radius 3 is 2.50 bits per heavy atom. The van der Waals surface area contributed by atoms with Gasteiger partial charge in [0.2, 0.25) is 0 Å². The Kier molecular flexibility index (Phi) is 4.94. The van der Waals surface area contributed by atoms with Crippen LogP contribution in [-0.2, 0) is 5.41 Å². The number of hydrogen-bond acceptors (Lipinski definition) is 1. The summed E-state index contributed by atoms with van der Waals surface area (Å²) >= 11 is 12.4. The van der Waals surface area contributed by atoms with Gasteiger partial charge in [0.15, 0.2) is 0 Å². The van der Waals surface area contributed by atoms with Gasteiger partial charge in [-0.15, -0.1) is 0 Å². The molecule has 1 N–H and O–H groups in total. The maximum absolute atomic E-state index is 6.42. The van der Waals surface area contributed by atoms with Crippen molar-refractivity contribution in [3.63, 3.8) is 0 Å². The third-order valence-electron chi connectivity index (χ3n) is 4.03. The average Bonchev–Trinajstić information content (AvgIpc) is 2.37. The topological polar surface area (TPSA) is 12.0 Å². The number of benzene rings is 1. The molecule has 1 aliphatic rings. The first-order chi connectivity index (χ1) is 8.68. The van der Waals surface area contributed by atoms with Crippen LogP contribution in [0.1, 0.15) is 44.6 Å². The van der Waals surface area contributed by atoms with E-state index in [-0.39, 0.29) is 5.41 Å². The van der Waals surface area contributed by atoms with Crippen LogP contribution >= 0.6 is 23.2 Å². The molecule has 1 fully saturated rings. The minimum atomic E-state index is 0.204. The van der Waals surface area contributed by atoms with E-state index in [0.29, 0.717) is 0 Å². The van der Waals surface area contributed by atoms with Gasteiger partial charge in [0, 0.05) is 22.0 Å². The first-order valence-electron chi connectivity index (χ1n) is 6.84. The zero-order valence-electron chi connectivity index (χ0n) is 10.9. The molecule has 0 atom stereocenters. The smallest absolute Gasteiger partial charge is 0.0458 e. The van der Waals surface area contributed by atoms with Crippen LogP contribution in [0.25, 0.3) is 0 Å². The van der Waals surface area contributed by atoms with E-state index in [1.165, 1.54) is 37.7 Å². The lowest BCUT2D eigenvalue weighted by molar-refractivity contribution is 0.282. The highest BCUT2D eigenvalue weighted by Crippen LogP contribution is 2.42. The Labute approximate surface area is 120 Å². The van der Waals surface area contributed by atoms with E-state index in [4.69, 9.17) is 23.2 Å². The van der Waals surface area contributed by atoms with Crippen molar-refractivity contribution in [3.05, 3.63) is 33.8 Å². The summed E-state index contributed by atoms with van der Waals surface area (Å²) in [5.74, 6) is 0. The minimum absolute atomic E-state index is 0.204. The Morgan fingerprint density at radius 2 is 1.89 bits per heavy atom. The molecule has 0 aliphatic heterocycles. The highest BCUT2D eigenvalue weighted by Gasteiger charge is 2.34. The van der Waals surface area contributed by atoms with Crippen LogP contribution in [0.3, 0.4) is 0 Å². The highest BCUT2D eigenvalue weighted by molar-refractivity contribution is 6.35. The lowest BCUT2D eigenvalue weighted by Gasteiger charge is -2.38. The third kappa shape index (κ3) is 3.01. The quantitative estimate of drug-likeness (QED) is 0.838. The lowest BCUT2D eigenvalue weighted by atomic mass is 9.69. The summed E-state index contributed by atoms with van der Waals surface area (Å²) in [4.78, 5) is 0. The number of halogens is 2. The summed E-state index contributed by atoms with van der Waals surface area (Å²) < 4.78 is 0. The molecule has 1 aliphatic carbocycles. The first-order valence-corrected chi connectivity index (χ1v) is 7.60. The Bertz CT molecular complexity index is 397. The number of likely N-dealkylation sites (N-methyl/N-ethyl adjacent to an activating group) is 1. The Balaban J connectivity index is 2.32. The van der Waals surface area contributed by atoms with Crippen LogP contribution < -0.4 is 5.32 Å². The fourth-order valence-corrected chi connectivity index (χ4v) is 3.66. The van der Waals surface area contributed by atoms with E-state index in [2.05, 4.69) is 18.3 Å². The van der Waals surface area contributed by atoms with Gasteiger partial charge < -0.3 is 5.32 Å². The molecule has 0 radical (unpaired) electrons. The van der Waals surface area contributed by atoms with Gasteiger partial charge in [-0.1, -0.05) is 55.5 Å². The van der Waals surface area contributed by atoms with Crippen molar-refractivity contribution < 1.29 is 0 Å². The Morgan fingerprint density at radius 1 is 1.17 bits per heavy atom.